The van der Waals surface area contributed by atoms with Crippen LogP contribution in [0.2, 0.25) is 0 Å². The largest absolute Gasteiger partial charge is 0.458 e. The first kappa shape index (κ1) is 86.0. The van der Waals surface area contributed by atoms with Crippen LogP contribution in [0, 0.1) is 12.7 Å². The van der Waals surface area contributed by atoms with Gasteiger partial charge >= 0.3 is 5.97 Å². The molecule has 0 radical (unpaired) electrons. The Morgan fingerprint density at radius 2 is 1.32 bits per heavy atom. The van der Waals surface area contributed by atoms with Gasteiger partial charge in [-0.3, -0.25) is 81.6 Å². The Morgan fingerprint density at radius 1 is 0.702 bits per heavy atom. The first-order valence-electron chi connectivity index (χ1n) is 36.6. The number of hydrogen-bond acceptors (Lipinski definition) is 24. The van der Waals surface area contributed by atoms with Crippen molar-refractivity contribution in [1.29, 1.82) is 0 Å². The second-order valence-corrected chi connectivity index (χ2v) is 28.2. The number of aliphatic hydroxyl groups is 3. The molecule has 1 saturated heterocycles. The number of fused-ring (bicyclic) bond motifs is 5. The van der Waals surface area contributed by atoms with Crippen LogP contribution in [-0.2, 0) is 123 Å². The maximum atomic E-state index is 15.5. The van der Waals surface area contributed by atoms with Crippen molar-refractivity contribution < 1.29 is 111 Å². The molecule has 2 unspecified atom stereocenters. The molecule has 8 atom stereocenters. The van der Waals surface area contributed by atoms with Crippen LogP contribution >= 0.6 is 0 Å². The zero-order valence-corrected chi connectivity index (χ0v) is 63.4. The number of benzene rings is 2. The number of nitrogens with zero attached hydrogens (tertiary/aromatic N) is 7. The van der Waals surface area contributed by atoms with E-state index in [1.165, 1.54) is 37.8 Å². The van der Waals surface area contributed by atoms with Crippen molar-refractivity contribution in [2.45, 2.75) is 139 Å². The molecule has 0 saturated carbocycles. The summed E-state index contributed by atoms with van der Waals surface area (Å²) in [4.78, 5) is 231. The lowest BCUT2D eigenvalue weighted by atomic mass is 9.81. The molecule has 13 N–H and O–H groups in total. The number of nitrogens with two attached hydrogens (primary N) is 1. The van der Waals surface area contributed by atoms with Gasteiger partial charge in [-0.25, -0.2) is 14.2 Å². The fraction of sp³-hybridized carbons (Fsp3) is 0.486. The summed E-state index contributed by atoms with van der Waals surface area (Å²) >= 11 is 0. The van der Waals surface area contributed by atoms with E-state index in [0.717, 1.165) is 43.7 Å². The molecule has 15 amide bonds. The molecule has 6 heterocycles. The van der Waals surface area contributed by atoms with E-state index in [4.69, 9.17) is 24.9 Å². The number of nitrogens with one attached hydrogen (secondary N) is 8. The van der Waals surface area contributed by atoms with Crippen molar-refractivity contribution in [3.8, 4) is 11.4 Å². The van der Waals surface area contributed by atoms with Gasteiger partial charge in [0.15, 0.2) is 17.9 Å². The van der Waals surface area contributed by atoms with Gasteiger partial charge in [-0.1, -0.05) is 43.7 Å². The van der Waals surface area contributed by atoms with Gasteiger partial charge in [-0.05, 0) is 73.8 Å². The number of pyridine rings is 2. The van der Waals surface area contributed by atoms with Gasteiger partial charge in [-0.2, -0.15) is 0 Å². The fourth-order valence-electron chi connectivity index (χ4n) is 13.6. The molecule has 114 heavy (non-hydrogen) atoms. The standard InChI is InChI=1S/C74H91FN16O23/c1-7-74(111)43-25-49-64-41(30-91(49)71(108)42(43)35-113-73(74)110)63-45(18-17-40-38(2)44(75)26-47(84-64)62(40)63)81-56(98)36-112-37-80-54(96)28-79-69(107)48(24-39-14-10-8-11-15-39)83-55(97)29-77-53(95)27-78-68(106)46(82-51(93)16-12-9-13-23-90-57(99)21-22-58(90)100)19-20-52(94)85-70-66(105)65(104)67(114-70)72(109)89(6)34-61(103)88(5)33-60(102)87(4)32-59(101)86(3)31-50(76)92/h8,10-11,14-15,21-22,25-26,45-46,48,65-67,70,104-105,111H,7,9,12-13,16-20,23-24,27-37H2,1-6H3,(H2,76,92)(H,77,95)(H,78,106)(H,79,107)(H,80,96)(H,81,98)(H,82,93)(H,83,97)(H,85,94)/t45-,46?,48-,65-,66+,67-,70?,74-/m0/s1. The van der Waals surface area contributed by atoms with E-state index in [-0.39, 0.29) is 67.7 Å². The molecule has 39 nitrogen and oxygen atoms in total. The fourth-order valence-corrected chi connectivity index (χ4v) is 13.6. The average molecular weight is 1590 g/mol. The van der Waals surface area contributed by atoms with E-state index >= 15 is 4.39 Å². The number of esters is 1. The van der Waals surface area contributed by atoms with Crippen LogP contribution in [0.5, 0.6) is 0 Å². The highest BCUT2D eigenvalue weighted by Gasteiger charge is 2.49. The molecule has 0 bridgehead atoms. The summed E-state index contributed by atoms with van der Waals surface area (Å²) in [6.07, 6.45) is -5.11. The second-order valence-electron chi connectivity index (χ2n) is 28.2. The van der Waals surface area contributed by atoms with E-state index in [9.17, 15) is 96.8 Å². The highest BCUT2D eigenvalue weighted by Crippen LogP contribution is 2.46. The maximum absolute atomic E-state index is 15.5. The van der Waals surface area contributed by atoms with Crippen molar-refractivity contribution >= 4 is 105 Å². The number of aryl methyl sites for hydroxylation is 1. The number of carbonyl (C=O) groups is 16. The second kappa shape index (κ2) is 38.0. The summed E-state index contributed by atoms with van der Waals surface area (Å²) in [5, 5.41) is 53.6. The highest BCUT2D eigenvalue weighted by molar-refractivity contribution is 6.13. The Morgan fingerprint density at radius 3 is 1.96 bits per heavy atom. The SMILES string of the molecule is CC[C@@]1(O)C(=O)OCc2c1cc1n(c2=O)Cc2c-1nc1cc(F)c(C)c3c1c2[C@@H](NC(=O)COCNC(=O)CNC(=O)[C@H](Cc1ccccc1)NC(=O)CNC(=O)CNC(=O)C(CCC(=O)NC1O[C@H](C(=O)N(C)CC(=O)N(C)CC(=O)N(C)CC(=O)N(C)CC(N)=O)[C@@H](O)[C@H]1O)NC(=O)CCCCCN1C(=O)C=CC1=O)CC3. The number of rotatable bonds is 37. The number of likely N-dealkylation sites (N-methyl/N-ethyl adjacent to an activating group) is 4. The molecule has 4 aliphatic heterocycles. The summed E-state index contributed by atoms with van der Waals surface area (Å²) < 4.78 is 33.2. The quantitative estimate of drug-likeness (QED) is 0.00763. The number of aliphatic hydroxyl groups excluding tert-OH is 2. The molecule has 0 spiro atoms. The Kier molecular flexibility index (Phi) is 28.7. The van der Waals surface area contributed by atoms with Gasteiger partial charge in [-0.15, -0.1) is 0 Å². The molecule has 9 rings (SSSR count). The number of carbonyl (C=O) groups excluding carboxylic acids is 16. The number of unbranched alkanes of at least 4 members (excludes halogenated alkanes) is 2. The Labute approximate surface area is 650 Å². The first-order valence-corrected chi connectivity index (χ1v) is 36.6. The van der Waals surface area contributed by atoms with E-state index < -0.39 is 226 Å². The van der Waals surface area contributed by atoms with Crippen molar-refractivity contribution in [2.75, 3.05) is 93.9 Å². The van der Waals surface area contributed by atoms with E-state index in [2.05, 4.69) is 42.5 Å². The molecule has 40 heteroatoms. The van der Waals surface area contributed by atoms with Gasteiger partial charge in [0.25, 0.3) is 23.3 Å². The first-order chi connectivity index (χ1) is 54.1. The minimum absolute atomic E-state index is 0.00113. The normalized spacial score (nSPS) is 18.7. The maximum Gasteiger partial charge on any atom is 0.343 e. The molecule has 2 aromatic carbocycles. The Hall–Kier alpha value is -12.0. The van der Waals surface area contributed by atoms with E-state index in [0.29, 0.717) is 64.6 Å². The number of ether oxygens (including phenoxy) is 3. The van der Waals surface area contributed by atoms with Gasteiger partial charge in [0.05, 0.1) is 80.9 Å². The Bertz CT molecular complexity index is 4580. The third kappa shape index (κ3) is 20.8. The third-order valence-electron chi connectivity index (χ3n) is 20.0. The number of halogens is 1. The predicted octanol–water partition coefficient (Wildman–Crippen LogP) is -5.57. The van der Waals surface area contributed by atoms with E-state index in [1.807, 2.05) is 0 Å². The summed E-state index contributed by atoms with van der Waals surface area (Å²) in [5.41, 5.74) is 6.38. The molecule has 1 fully saturated rings. The highest BCUT2D eigenvalue weighted by atomic mass is 19.1. The van der Waals surface area contributed by atoms with Crippen LogP contribution < -0.4 is 53.8 Å². The van der Waals surface area contributed by atoms with Gasteiger partial charge in [0.1, 0.15) is 50.1 Å². The lowest BCUT2D eigenvalue weighted by Gasteiger charge is -2.31. The minimum atomic E-state index is -2.10. The Balaban J connectivity index is 0.737. The lowest BCUT2D eigenvalue weighted by Crippen LogP contribution is -2.53. The number of primary amides is 1. The molecular weight excluding hydrogens is 1500 g/mol. The summed E-state index contributed by atoms with van der Waals surface area (Å²) in [7, 11) is 4.99. The smallest absolute Gasteiger partial charge is 0.343 e. The van der Waals surface area contributed by atoms with Crippen LogP contribution in [0.15, 0.2) is 59.4 Å². The predicted molar refractivity (Wildman–Crippen MR) is 393 cm³/mol. The van der Waals surface area contributed by atoms with Crippen LogP contribution in [-0.4, -0.2) is 274 Å². The van der Waals surface area contributed by atoms with Gasteiger partial charge in [0, 0.05) is 88.7 Å². The third-order valence-corrected chi connectivity index (χ3v) is 20.0. The summed E-state index contributed by atoms with van der Waals surface area (Å²) in [5.74, 6) is -13.0. The molecule has 1 aliphatic carbocycles. The van der Waals surface area contributed by atoms with Gasteiger partial charge < -0.3 is 102 Å². The average Bonchev–Trinajstić information content (AvgIpc) is 1.50. The molecule has 612 valence electrons. The molecule has 5 aliphatic rings. The molecule has 2 aromatic heterocycles. The van der Waals surface area contributed by atoms with Crippen molar-refractivity contribution in [3.05, 3.63) is 110 Å². The van der Waals surface area contributed by atoms with Crippen molar-refractivity contribution in [2.24, 2.45) is 5.73 Å². The topological polar surface area (TPSA) is 535 Å². The van der Waals surface area contributed by atoms with Crippen molar-refractivity contribution in [3.63, 3.8) is 0 Å². The van der Waals surface area contributed by atoms with Gasteiger partial charge in [0.2, 0.25) is 70.9 Å². The molecule has 4 aromatic rings. The lowest BCUT2D eigenvalue weighted by molar-refractivity contribution is -0.172. The number of imide groups is 1. The van der Waals surface area contributed by atoms with Crippen LogP contribution in [0.4, 0.5) is 4.39 Å². The van der Waals surface area contributed by atoms with Crippen LogP contribution in [0.3, 0.4) is 0 Å². The summed E-state index contributed by atoms with van der Waals surface area (Å²) in [6, 6.07) is 7.64. The van der Waals surface area contributed by atoms with Crippen LogP contribution in [0.25, 0.3) is 22.3 Å². The molecular formula is C74H91FN16O23. The number of cyclic esters (lactones) is 1. The van der Waals surface area contributed by atoms with E-state index in [1.54, 1.807) is 44.2 Å². The monoisotopic (exact) mass is 1590 g/mol. The van der Waals surface area contributed by atoms with Crippen LogP contribution in [0.1, 0.15) is 103 Å². The summed E-state index contributed by atoms with van der Waals surface area (Å²) in [6.45, 7) is -2.40. The minimum Gasteiger partial charge on any atom is -0.458 e. The zero-order valence-electron chi connectivity index (χ0n) is 63.4. The zero-order chi connectivity index (χ0) is 83.2. The van der Waals surface area contributed by atoms with Crippen molar-refractivity contribution in [1.82, 2.24) is 76.6 Å². The number of amides is 15. The number of aromatic nitrogens is 2. The number of hydrogen-bond donors (Lipinski definition) is 12.